The maximum Gasteiger partial charge on any atom is 0.416 e. The fourth-order valence-corrected chi connectivity index (χ4v) is 3.44. The molecular weight excluding hydrogens is 411 g/mol. The highest BCUT2D eigenvalue weighted by molar-refractivity contribution is 5.90. The number of halogens is 3. The Balaban J connectivity index is 2.34. The van der Waals surface area contributed by atoms with Gasteiger partial charge in [0.05, 0.1) is 11.3 Å². The molecule has 0 aliphatic carbocycles. The second kappa shape index (κ2) is 8.76. The first kappa shape index (κ1) is 22.3. The summed E-state index contributed by atoms with van der Waals surface area (Å²) >= 11 is 0. The predicted octanol–water partition coefficient (Wildman–Crippen LogP) is 3.72. The van der Waals surface area contributed by atoms with E-state index >= 15 is 0 Å². The molecule has 31 heavy (non-hydrogen) atoms. The number of nitrogens with zero attached hydrogens (tertiary/aromatic N) is 4. The van der Waals surface area contributed by atoms with Crippen LogP contribution >= 0.6 is 0 Å². The minimum atomic E-state index is -4.49. The number of benzene rings is 2. The van der Waals surface area contributed by atoms with Crippen LogP contribution in [-0.2, 0) is 24.5 Å². The van der Waals surface area contributed by atoms with Crippen molar-refractivity contribution in [3.05, 3.63) is 75.2 Å². The molecule has 0 spiro atoms. The van der Waals surface area contributed by atoms with Gasteiger partial charge in [-0.05, 0) is 52.6 Å². The minimum absolute atomic E-state index is 0.173. The SMILES string of the molecule is CC/C(=C(\ON)c1c(CC)cccc1-n1nnn(C)c1=O)c1cccc(C(F)(F)F)c1. The lowest BCUT2D eigenvalue weighted by Crippen LogP contribution is -2.23. The van der Waals surface area contributed by atoms with Crippen LogP contribution in [-0.4, -0.2) is 19.8 Å². The van der Waals surface area contributed by atoms with E-state index in [0.29, 0.717) is 35.2 Å². The van der Waals surface area contributed by atoms with E-state index in [4.69, 9.17) is 10.7 Å². The summed E-state index contributed by atoms with van der Waals surface area (Å²) in [5, 5.41) is 7.63. The van der Waals surface area contributed by atoms with Crippen molar-refractivity contribution in [3.63, 3.8) is 0 Å². The summed E-state index contributed by atoms with van der Waals surface area (Å²) in [6.07, 6.45) is -3.59. The summed E-state index contributed by atoms with van der Waals surface area (Å²) < 4.78 is 42.0. The average molecular weight is 433 g/mol. The molecule has 0 bridgehead atoms. The highest BCUT2D eigenvalue weighted by atomic mass is 19.4. The molecule has 0 aliphatic heterocycles. The number of aryl methyl sites for hydroxylation is 2. The molecule has 2 N–H and O–H groups in total. The molecule has 10 heteroatoms. The van der Waals surface area contributed by atoms with Crippen LogP contribution in [0.4, 0.5) is 13.2 Å². The summed E-state index contributed by atoms with van der Waals surface area (Å²) in [6, 6.07) is 10.2. The lowest BCUT2D eigenvalue weighted by Gasteiger charge is -2.19. The molecule has 0 saturated heterocycles. The third-order valence-corrected chi connectivity index (χ3v) is 4.97. The van der Waals surface area contributed by atoms with Crippen LogP contribution in [0, 0.1) is 0 Å². The third-order valence-electron chi connectivity index (χ3n) is 4.97. The van der Waals surface area contributed by atoms with Gasteiger partial charge in [-0.15, -0.1) is 0 Å². The second-order valence-corrected chi connectivity index (χ2v) is 6.82. The van der Waals surface area contributed by atoms with Crippen LogP contribution in [0.5, 0.6) is 0 Å². The Bertz CT molecular complexity index is 1180. The summed E-state index contributed by atoms with van der Waals surface area (Å²) in [5.41, 5.74) is 1.16. The van der Waals surface area contributed by atoms with Gasteiger partial charge in [-0.1, -0.05) is 38.1 Å². The molecule has 1 aromatic heterocycles. The summed E-state index contributed by atoms with van der Waals surface area (Å²) in [5.74, 6) is 5.82. The molecular formula is C21H22F3N5O2. The van der Waals surface area contributed by atoms with Crippen molar-refractivity contribution in [2.45, 2.75) is 32.9 Å². The zero-order valence-electron chi connectivity index (χ0n) is 17.3. The normalized spacial score (nSPS) is 12.6. The van der Waals surface area contributed by atoms with Gasteiger partial charge in [0.25, 0.3) is 0 Å². The van der Waals surface area contributed by atoms with Crippen LogP contribution in [0.3, 0.4) is 0 Å². The van der Waals surface area contributed by atoms with Crippen molar-refractivity contribution in [1.29, 1.82) is 0 Å². The van der Waals surface area contributed by atoms with Crippen molar-refractivity contribution in [1.82, 2.24) is 19.8 Å². The highest BCUT2D eigenvalue weighted by Crippen LogP contribution is 2.36. The van der Waals surface area contributed by atoms with E-state index < -0.39 is 17.4 Å². The van der Waals surface area contributed by atoms with Crippen molar-refractivity contribution < 1.29 is 18.0 Å². The maximum absolute atomic E-state index is 13.3. The number of hydrogen-bond donors (Lipinski definition) is 1. The molecule has 0 aliphatic rings. The van der Waals surface area contributed by atoms with Crippen molar-refractivity contribution >= 4 is 11.3 Å². The molecule has 1 heterocycles. The summed E-state index contributed by atoms with van der Waals surface area (Å²) in [7, 11) is 1.46. The molecule has 3 rings (SSSR count). The van der Waals surface area contributed by atoms with Crippen LogP contribution < -0.4 is 11.6 Å². The Morgan fingerprint density at radius 1 is 1.13 bits per heavy atom. The molecule has 0 saturated carbocycles. The Morgan fingerprint density at radius 3 is 2.39 bits per heavy atom. The van der Waals surface area contributed by atoms with Crippen molar-refractivity contribution in [2.24, 2.45) is 12.9 Å². The van der Waals surface area contributed by atoms with E-state index in [-0.39, 0.29) is 5.76 Å². The number of tetrazole rings is 1. The maximum atomic E-state index is 13.3. The van der Waals surface area contributed by atoms with E-state index in [1.54, 1.807) is 25.1 Å². The standard InChI is InChI=1S/C21H22F3N5O2/c1-4-13-8-7-11-17(29-20(30)28(3)26-27-29)18(13)19(31-25)16(5-2)14-9-6-10-15(12-14)21(22,23)24/h6-12H,4-5,25H2,1-3H3/b19-16+. The van der Waals surface area contributed by atoms with Gasteiger partial charge in [-0.25, -0.2) is 4.79 Å². The number of hydrogen-bond acceptors (Lipinski definition) is 5. The molecule has 2 aromatic carbocycles. The van der Waals surface area contributed by atoms with E-state index in [1.807, 2.05) is 13.0 Å². The first-order valence-corrected chi connectivity index (χ1v) is 9.62. The zero-order valence-corrected chi connectivity index (χ0v) is 17.3. The third kappa shape index (κ3) is 4.24. The van der Waals surface area contributed by atoms with Gasteiger partial charge >= 0.3 is 11.9 Å². The number of allylic oxidation sites excluding steroid dienone is 1. The first-order valence-electron chi connectivity index (χ1n) is 9.62. The van der Waals surface area contributed by atoms with Gasteiger partial charge in [0.15, 0.2) is 5.76 Å². The fourth-order valence-electron chi connectivity index (χ4n) is 3.44. The van der Waals surface area contributed by atoms with E-state index in [1.165, 1.54) is 13.1 Å². The molecule has 7 nitrogen and oxygen atoms in total. The monoisotopic (exact) mass is 433 g/mol. The van der Waals surface area contributed by atoms with Gasteiger partial charge in [-0.3, -0.25) is 0 Å². The van der Waals surface area contributed by atoms with Crippen LogP contribution in [0.1, 0.15) is 42.5 Å². The summed E-state index contributed by atoms with van der Waals surface area (Å²) in [6.45, 7) is 3.70. The second-order valence-electron chi connectivity index (χ2n) is 6.82. The first-order chi connectivity index (χ1) is 14.7. The number of nitrogens with two attached hydrogens (primary N) is 1. The fraction of sp³-hybridized carbons (Fsp3) is 0.286. The minimum Gasteiger partial charge on any atom is -0.410 e. The summed E-state index contributed by atoms with van der Waals surface area (Å²) in [4.78, 5) is 17.7. The van der Waals surface area contributed by atoms with Gasteiger partial charge in [0, 0.05) is 18.2 Å². The average Bonchev–Trinajstić information content (AvgIpc) is 3.09. The Hall–Kier alpha value is -3.40. The van der Waals surface area contributed by atoms with Crippen molar-refractivity contribution in [2.75, 3.05) is 0 Å². The lowest BCUT2D eigenvalue weighted by atomic mass is 9.93. The number of aromatic nitrogens is 4. The van der Waals surface area contributed by atoms with Crippen LogP contribution in [0.15, 0.2) is 47.3 Å². The number of alkyl halides is 3. The van der Waals surface area contributed by atoms with Crippen LogP contribution in [0.25, 0.3) is 17.0 Å². The molecule has 0 fully saturated rings. The van der Waals surface area contributed by atoms with E-state index in [0.717, 1.165) is 27.1 Å². The molecule has 3 aromatic rings. The lowest BCUT2D eigenvalue weighted by molar-refractivity contribution is -0.137. The smallest absolute Gasteiger partial charge is 0.410 e. The molecule has 0 radical (unpaired) electrons. The van der Waals surface area contributed by atoms with Gasteiger partial charge in [-0.2, -0.15) is 28.4 Å². The molecule has 0 amide bonds. The van der Waals surface area contributed by atoms with E-state index in [9.17, 15) is 18.0 Å². The van der Waals surface area contributed by atoms with Gasteiger partial charge in [0.1, 0.15) is 0 Å². The molecule has 0 unspecified atom stereocenters. The van der Waals surface area contributed by atoms with Crippen LogP contribution in [0.2, 0.25) is 0 Å². The van der Waals surface area contributed by atoms with E-state index in [2.05, 4.69) is 10.4 Å². The Labute approximate surface area is 176 Å². The Kier molecular flexibility index (Phi) is 6.30. The predicted molar refractivity (Wildman–Crippen MR) is 110 cm³/mol. The van der Waals surface area contributed by atoms with Crippen molar-refractivity contribution in [3.8, 4) is 5.69 Å². The zero-order chi connectivity index (χ0) is 22.8. The highest BCUT2D eigenvalue weighted by Gasteiger charge is 2.31. The number of rotatable bonds is 6. The Morgan fingerprint density at radius 2 is 1.84 bits per heavy atom. The largest absolute Gasteiger partial charge is 0.416 e. The molecule has 164 valence electrons. The van der Waals surface area contributed by atoms with Gasteiger partial charge in [0.2, 0.25) is 0 Å². The topological polar surface area (TPSA) is 88.0 Å². The quantitative estimate of drug-likeness (QED) is 0.364. The molecule has 0 atom stereocenters. The van der Waals surface area contributed by atoms with Gasteiger partial charge < -0.3 is 4.84 Å².